The first-order chi connectivity index (χ1) is 16.6. The molecule has 180 valence electrons. The minimum Gasteiger partial charge on any atom is -0.497 e. The highest BCUT2D eigenvalue weighted by Crippen LogP contribution is 2.30. The largest absolute Gasteiger partial charge is 0.497 e. The lowest BCUT2D eigenvalue weighted by Gasteiger charge is -2.34. The number of halogens is 1. The molecule has 0 aliphatic carbocycles. The van der Waals surface area contributed by atoms with Crippen LogP contribution in [0.5, 0.6) is 17.4 Å². The van der Waals surface area contributed by atoms with E-state index in [1.165, 1.54) is 19.4 Å². The molecule has 9 heteroatoms. The number of hydrogen-bond acceptors (Lipinski definition) is 8. The number of aromatic nitrogens is 2. The SMILES string of the molecule is COc1cc(F)c2nccc([C@@H](O)CN3CCC(NCC4COc5cccnc5O4)CC3)c2c1. The molecule has 0 bridgehead atoms. The van der Waals surface area contributed by atoms with Crippen molar-refractivity contribution in [1.29, 1.82) is 0 Å². The summed E-state index contributed by atoms with van der Waals surface area (Å²) in [5.41, 5.74) is 0.901. The number of likely N-dealkylation sites (tertiary alicyclic amines) is 1. The van der Waals surface area contributed by atoms with E-state index < -0.39 is 11.9 Å². The predicted molar refractivity (Wildman–Crippen MR) is 125 cm³/mol. The topological polar surface area (TPSA) is 89.0 Å². The number of methoxy groups -OCH3 is 1. The van der Waals surface area contributed by atoms with E-state index in [1.807, 2.05) is 12.1 Å². The van der Waals surface area contributed by atoms with Crippen molar-refractivity contribution in [3.63, 3.8) is 0 Å². The van der Waals surface area contributed by atoms with E-state index in [0.29, 0.717) is 54.1 Å². The Morgan fingerprint density at radius 3 is 2.91 bits per heavy atom. The second-order valence-electron chi connectivity index (χ2n) is 8.76. The molecule has 0 saturated carbocycles. The fraction of sp³-hybridized carbons (Fsp3) is 0.440. The Kier molecular flexibility index (Phi) is 6.75. The van der Waals surface area contributed by atoms with E-state index in [4.69, 9.17) is 14.2 Å². The lowest BCUT2D eigenvalue weighted by atomic mass is 10.0. The molecule has 1 aromatic carbocycles. The van der Waals surface area contributed by atoms with Crippen molar-refractivity contribution in [1.82, 2.24) is 20.2 Å². The zero-order valence-electron chi connectivity index (χ0n) is 19.1. The Balaban J connectivity index is 1.13. The molecule has 34 heavy (non-hydrogen) atoms. The first-order valence-electron chi connectivity index (χ1n) is 11.6. The highest BCUT2D eigenvalue weighted by atomic mass is 19.1. The number of aliphatic hydroxyl groups excluding tert-OH is 1. The zero-order chi connectivity index (χ0) is 23.5. The minimum absolute atomic E-state index is 0.0698. The average molecular weight is 469 g/mol. The average Bonchev–Trinajstić information content (AvgIpc) is 2.87. The molecule has 2 aliphatic rings. The number of pyridine rings is 2. The summed E-state index contributed by atoms with van der Waals surface area (Å²) in [4.78, 5) is 10.6. The second-order valence-corrected chi connectivity index (χ2v) is 8.76. The third-order valence-electron chi connectivity index (χ3n) is 6.49. The Morgan fingerprint density at radius 2 is 2.09 bits per heavy atom. The van der Waals surface area contributed by atoms with Crippen LogP contribution in [0.25, 0.3) is 10.9 Å². The molecule has 2 atom stereocenters. The maximum absolute atomic E-state index is 14.4. The molecule has 3 aromatic rings. The van der Waals surface area contributed by atoms with Crippen molar-refractivity contribution < 1.29 is 23.7 Å². The molecule has 0 spiro atoms. The molecule has 2 aromatic heterocycles. The van der Waals surface area contributed by atoms with Gasteiger partial charge in [-0.25, -0.2) is 9.37 Å². The van der Waals surface area contributed by atoms with E-state index >= 15 is 0 Å². The summed E-state index contributed by atoms with van der Waals surface area (Å²) >= 11 is 0. The van der Waals surface area contributed by atoms with Gasteiger partial charge in [0, 0.05) is 43.0 Å². The smallest absolute Gasteiger partial charge is 0.257 e. The number of benzene rings is 1. The van der Waals surface area contributed by atoms with Crippen molar-refractivity contribution in [2.45, 2.75) is 31.1 Å². The van der Waals surface area contributed by atoms with Crippen LogP contribution in [-0.2, 0) is 0 Å². The first kappa shape index (κ1) is 22.8. The molecule has 2 N–H and O–H groups in total. The van der Waals surface area contributed by atoms with Crippen molar-refractivity contribution in [2.75, 3.05) is 39.9 Å². The molecular formula is C25H29FN4O4. The fourth-order valence-electron chi connectivity index (χ4n) is 4.63. The quantitative estimate of drug-likeness (QED) is 0.547. The number of aliphatic hydroxyl groups is 1. The molecule has 1 fully saturated rings. The molecule has 5 rings (SSSR count). The molecule has 1 unspecified atom stereocenters. The number of nitrogens with zero attached hydrogens (tertiary/aromatic N) is 3. The summed E-state index contributed by atoms with van der Waals surface area (Å²) in [7, 11) is 1.49. The predicted octanol–water partition coefficient (Wildman–Crippen LogP) is 2.70. The normalized spacial score (nSPS) is 19.8. The Hall–Kier alpha value is -3.01. The van der Waals surface area contributed by atoms with E-state index in [9.17, 15) is 9.50 Å². The van der Waals surface area contributed by atoms with Crippen LogP contribution in [0.4, 0.5) is 4.39 Å². The van der Waals surface area contributed by atoms with Crippen LogP contribution in [0.15, 0.2) is 42.7 Å². The number of hydrogen-bond donors (Lipinski definition) is 2. The summed E-state index contributed by atoms with van der Waals surface area (Å²) in [6.45, 7) is 3.40. The van der Waals surface area contributed by atoms with E-state index in [-0.39, 0.29) is 11.6 Å². The minimum atomic E-state index is -0.748. The zero-order valence-corrected chi connectivity index (χ0v) is 19.1. The number of β-amino-alcohol motifs (C(OH)–C–C–N with tert-alkyl or cyclic N) is 1. The summed E-state index contributed by atoms with van der Waals surface area (Å²) < 4.78 is 31.2. The molecule has 8 nitrogen and oxygen atoms in total. The van der Waals surface area contributed by atoms with Crippen molar-refractivity contribution in [2.24, 2.45) is 0 Å². The van der Waals surface area contributed by atoms with Gasteiger partial charge in [0.25, 0.3) is 5.88 Å². The van der Waals surface area contributed by atoms with Crippen molar-refractivity contribution in [3.8, 4) is 17.4 Å². The monoisotopic (exact) mass is 468 g/mol. The van der Waals surface area contributed by atoms with Crippen LogP contribution in [-0.4, -0.2) is 72.0 Å². The van der Waals surface area contributed by atoms with Gasteiger partial charge in [0.15, 0.2) is 11.6 Å². The third-order valence-corrected chi connectivity index (χ3v) is 6.49. The van der Waals surface area contributed by atoms with Crippen molar-refractivity contribution >= 4 is 10.9 Å². The molecule has 4 heterocycles. The van der Waals surface area contributed by atoms with Crippen LogP contribution in [0.1, 0.15) is 24.5 Å². The van der Waals surface area contributed by atoms with E-state index in [1.54, 1.807) is 18.3 Å². The van der Waals surface area contributed by atoms with Crippen LogP contribution >= 0.6 is 0 Å². The van der Waals surface area contributed by atoms with E-state index in [2.05, 4.69) is 20.2 Å². The number of ether oxygens (including phenoxy) is 3. The molecule has 1 saturated heterocycles. The van der Waals surface area contributed by atoms with Gasteiger partial charge in [0.05, 0.1) is 13.2 Å². The van der Waals surface area contributed by atoms with E-state index in [0.717, 1.165) is 25.9 Å². The molecular weight excluding hydrogens is 439 g/mol. The summed E-state index contributed by atoms with van der Waals surface area (Å²) in [6, 6.07) is 8.85. The van der Waals surface area contributed by atoms with Crippen LogP contribution in [0.3, 0.4) is 0 Å². The number of nitrogens with one attached hydrogen (secondary N) is 1. The lowest BCUT2D eigenvalue weighted by molar-refractivity contribution is 0.0734. The Labute approximate surface area is 197 Å². The summed E-state index contributed by atoms with van der Waals surface area (Å²) in [6.07, 6.45) is 4.35. The first-order valence-corrected chi connectivity index (χ1v) is 11.6. The van der Waals surface area contributed by atoms with Gasteiger partial charge in [-0.3, -0.25) is 4.98 Å². The number of fused-ring (bicyclic) bond motifs is 2. The molecule has 0 amide bonds. The Morgan fingerprint density at radius 1 is 1.24 bits per heavy atom. The van der Waals surface area contributed by atoms with Gasteiger partial charge in [-0.15, -0.1) is 0 Å². The van der Waals surface area contributed by atoms with Crippen LogP contribution in [0.2, 0.25) is 0 Å². The molecule has 2 aliphatic heterocycles. The maximum Gasteiger partial charge on any atom is 0.257 e. The van der Waals surface area contributed by atoms with Gasteiger partial charge < -0.3 is 29.5 Å². The Bertz CT molecular complexity index is 1140. The summed E-state index contributed by atoms with van der Waals surface area (Å²) in [5.74, 6) is 1.19. The standard InChI is InChI=1S/C25H29FN4O4/c1-32-17-11-20-19(4-8-27-24(20)21(26)12-17)22(31)14-30-9-5-16(6-10-30)29-13-18-15-33-23-3-2-7-28-25(23)34-18/h2-4,7-8,11-12,16,18,22,29,31H,5-6,9-10,13-15H2,1H3/t18?,22-/m0/s1. The lowest BCUT2D eigenvalue weighted by Crippen LogP contribution is -2.47. The van der Waals surface area contributed by atoms with Crippen LogP contribution < -0.4 is 19.5 Å². The van der Waals surface area contributed by atoms with Gasteiger partial charge >= 0.3 is 0 Å². The summed E-state index contributed by atoms with van der Waals surface area (Å²) in [5, 5.41) is 15.1. The number of rotatable bonds is 7. The molecule has 0 radical (unpaired) electrons. The van der Waals surface area contributed by atoms with Gasteiger partial charge in [-0.2, -0.15) is 0 Å². The highest BCUT2D eigenvalue weighted by molar-refractivity contribution is 5.84. The second kappa shape index (κ2) is 10.1. The van der Waals surface area contributed by atoms with Gasteiger partial charge in [-0.05, 0) is 55.8 Å². The van der Waals surface area contributed by atoms with Crippen LogP contribution in [0, 0.1) is 5.82 Å². The number of piperidine rings is 1. The highest BCUT2D eigenvalue weighted by Gasteiger charge is 2.26. The third kappa shape index (κ3) is 4.91. The fourth-order valence-corrected chi connectivity index (χ4v) is 4.63. The van der Waals surface area contributed by atoms with Gasteiger partial charge in [0.2, 0.25) is 0 Å². The van der Waals surface area contributed by atoms with Crippen molar-refractivity contribution in [3.05, 3.63) is 54.1 Å². The van der Waals surface area contributed by atoms with Gasteiger partial charge in [0.1, 0.15) is 24.0 Å². The van der Waals surface area contributed by atoms with Gasteiger partial charge in [-0.1, -0.05) is 0 Å². The maximum atomic E-state index is 14.4.